The molecule has 2 rings (SSSR count). The summed E-state index contributed by atoms with van der Waals surface area (Å²) in [4.78, 5) is 4.20. The summed E-state index contributed by atoms with van der Waals surface area (Å²) in [5.74, 6) is 1.34. The Bertz CT molecular complexity index is 439. The number of rotatable bonds is 4. The Labute approximate surface area is 125 Å². The van der Waals surface area contributed by atoms with Crippen molar-refractivity contribution in [3.05, 3.63) is 24.3 Å². The molecule has 0 saturated carbocycles. The summed E-state index contributed by atoms with van der Waals surface area (Å²) >= 11 is 5.76. The summed E-state index contributed by atoms with van der Waals surface area (Å²) in [5, 5.41) is 0. The van der Waals surface area contributed by atoms with Crippen molar-refractivity contribution in [1.29, 1.82) is 0 Å². The highest BCUT2D eigenvalue weighted by molar-refractivity contribution is 7.82. The number of para-hydroxylation sites is 1. The summed E-state index contributed by atoms with van der Waals surface area (Å²) in [6.45, 7) is 10.5. The smallest absolute Gasteiger partial charge is 0.148 e. The van der Waals surface area contributed by atoms with Crippen LogP contribution in [0.25, 0.3) is 10.2 Å². The molecule has 1 heterocycles. The van der Waals surface area contributed by atoms with Crippen molar-refractivity contribution < 1.29 is 4.74 Å². The van der Waals surface area contributed by atoms with Crippen molar-refractivity contribution in [2.75, 3.05) is 13.2 Å². The predicted octanol–water partition coefficient (Wildman–Crippen LogP) is 4.90. The van der Waals surface area contributed by atoms with Crippen LogP contribution in [-0.4, -0.2) is 18.2 Å². The Kier molecular flexibility index (Phi) is 7.42. The summed E-state index contributed by atoms with van der Waals surface area (Å²) in [6.07, 6.45) is 0. The molecule has 0 radical (unpaired) electrons. The van der Waals surface area contributed by atoms with Gasteiger partial charge in [0.15, 0.2) is 0 Å². The van der Waals surface area contributed by atoms with Gasteiger partial charge in [0, 0.05) is 13.2 Å². The van der Waals surface area contributed by atoms with Gasteiger partial charge in [0.25, 0.3) is 0 Å². The van der Waals surface area contributed by atoms with Crippen LogP contribution in [0.1, 0.15) is 27.7 Å². The molecule has 1 aromatic heterocycles. The molecule has 0 aliphatic carbocycles. The second kappa shape index (κ2) is 8.56. The number of hydrogen-bond acceptors (Lipinski definition) is 4. The number of thiazole rings is 1. The van der Waals surface area contributed by atoms with Crippen LogP contribution in [-0.2, 0) is 4.74 Å². The van der Waals surface area contributed by atoms with Crippen LogP contribution in [0.5, 0.6) is 0 Å². The van der Waals surface area contributed by atoms with Crippen LogP contribution in [0.4, 0.5) is 0 Å². The highest BCUT2D eigenvalue weighted by atomic mass is 32.2. The van der Waals surface area contributed by atoms with Crippen molar-refractivity contribution in [2.24, 2.45) is 11.8 Å². The minimum Gasteiger partial charge on any atom is -0.381 e. The Balaban J connectivity index is 0.000000192. The van der Waals surface area contributed by atoms with Gasteiger partial charge in [0.1, 0.15) is 4.34 Å². The molecule has 4 heteroatoms. The lowest BCUT2D eigenvalue weighted by atomic mass is 10.2. The second-order valence-electron chi connectivity index (χ2n) is 5.29. The fraction of sp³-hybridized carbons (Fsp3) is 0.533. The molecule has 106 valence electrons. The molecule has 0 spiro atoms. The average molecular weight is 297 g/mol. The zero-order valence-corrected chi connectivity index (χ0v) is 13.8. The number of hydrogen-bond donors (Lipinski definition) is 1. The van der Waals surface area contributed by atoms with Crippen molar-refractivity contribution in [3.8, 4) is 0 Å². The molecule has 0 atom stereocenters. The zero-order valence-electron chi connectivity index (χ0n) is 12.1. The first kappa shape index (κ1) is 16.5. The molecular weight excluding hydrogens is 274 g/mol. The van der Waals surface area contributed by atoms with Gasteiger partial charge >= 0.3 is 0 Å². The van der Waals surface area contributed by atoms with E-state index in [4.69, 9.17) is 4.74 Å². The van der Waals surface area contributed by atoms with E-state index < -0.39 is 0 Å². The normalized spacial score (nSPS) is 10.9. The van der Waals surface area contributed by atoms with Gasteiger partial charge in [0.2, 0.25) is 0 Å². The molecule has 2 aromatic rings. The van der Waals surface area contributed by atoms with Crippen LogP contribution in [0.15, 0.2) is 28.6 Å². The molecule has 2 nitrogen and oxygen atoms in total. The van der Waals surface area contributed by atoms with E-state index in [0.29, 0.717) is 11.8 Å². The summed E-state index contributed by atoms with van der Waals surface area (Å²) in [7, 11) is 0. The number of aromatic nitrogens is 1. The lowest BCUT2D eigenvalue weighted by Crippen LogP contribution is -2.06. The van der Waals surface area contributed by atoms with Crippen molar-refractivity contribution in [2.45, 2.75) is 32.0 Å². The first-order chi connectivity index (χ1) is 8.99. The molecule has 0 bridgehead atoms. The molecule has 0 amide bonds. The Morgan fingerprint density at radius 3 is 2.21 bits per heavy atom. The van der Waals surface area contributed by atoms with Gasteiger partial charge in [0.05, 0.1) is 10.2 Å². The minimum atomic E-state index is 0.670. The summed E-state index contributed by atoms with van der Waals surface area (Å²) in [5.41, 5.74) is 1.04. The van der Waals surface area contributed by atoms with Crippen LogP contribution in [0, 0.1) is 11.8 Å². The largest absolute Gasteiger partial charge is 0.381 e. The third-order valence-electron chi connectivity index (χ3n) is 2.18. The molecular formula is C15H23NOS2. The number of thiol groups is 1. The second-order valence-corrected chi connectivity index (χ2v) is 7.05. The van der Waals surface area contributed by atoms with Crippen LogP contribution in [0.2, 0.25) is 0 Å². The fourth-order valence-electron chi connectivity index (χ4n) is 1.40. The van der Waals surface area contributed by atoms with Crippen molar-refractivity contribution in [1.82, 2.24) is 4.98 Å². The number of benzene rings is 1. The first-order valence-corrected chi connectivity index (χ1v) is 7.87. The first-order valence-electron chi connectivity index (χ1n) is 6.61. The molecule has 0 aliphatic heterocycles. The lowest BCUT2D eigenvalue weighted by Gasteiger charge is -2.07. The number of nitrogens with zero attached hydrogens (tertiary/aromatic N) is 1. The van der Waals surface area contributed by atoms with E-state index in [1.165, 1.54) is 4.70 Å². The predicted molar refractivity (Wildman–Crippen MR) is 87.4 cm³/mol. The SMILES string of the molecule is CC(C)COCC(C)C.Sc1nc2ccccc2s1. The number of fused-ring (bicyclic) bond motifs is 1. The van der Waals surface area contributed by atoms with E-state index in [1.54, 1.807) is 11.3 Å². The van der Waals surface area contributed by atoms with Crippen molar-refractivity contribution in [3.63, 3.8) is 0 Å². The van der Waals surface area contributed by atoms with Gasteiger partial charge in [-0.2, -0.15) is 0 Å². The maximum atomic E-state index is 5.36. The third kappa shape index (κ3) is 6.95. The van der Waals surface area contributed by atoms with Crippen LogP contribution in [0.3, 0.4) is 0 Å². The van der Waals surface area contributed by atoms with Gasteiger partial charge < -0.3 is 4.74 Å². The highest BCUT2D eigenvalue weighted by Gasteiger charge is 1.96. The maximum absolute atomic E-state index is 5.36. The van der Waals surface area contributed by atoms with Gasteiger partial charge in [-0.25, -0.2) is 4.98 Å². The monoisotopic (exact) mass is 297 g/mol. The van der Waals surface area contributed by atoms with Crippen LogP contribution < -0.4 is 0 Å². The van der Waals surface area contributed by atoms with E-state index in [0.717, 1.165) is 23.1 Å². The molecule has 0 N–H and O–H groups in total. The molecule has 1 aromatic carbocycles. The van der Waals surface area contributed by atoms with Crippen molar-refractivity contribution >= 4 is 34.2 Å². The fourth-order valence-corrected chi connectivity index (χ4v) is 2.51. The van der Waals surface area contributed by atoms with E-state index >= 15 is 0 Å². The van der Waals surface area contributed by atoms with Crippen LogP contribution >= 0.6 is 24.0 Å². The Hall–Kier alpha value is -0.580. The maximum Gasteiger partial charge on any atom is 0.148 e. The lowest BCUT2D eigenvalue weighted by molar-refractivity contribution is 0.0886. The zero-order chi connectivity index (χ0) is 14.3. The van der Waals surface area contributed by atoms with E-state index in [-0.39, 0.29) is 0 Å². The van der Waals surface area contributed by atoms with Gasteiger partial charge in [-0.1, -0.05) is 39.8 Å². The van der Waals surface area contributed by atoms with E-state index in [2.05, 4.69) is 45.3 Å². The minimum absolute atomic E-state index is 0.670. The molecule has 0 saturated heterocycles. The summed E-state index contributed by atoms with van der Waals surface area (Å²) < 4.78 is 7.39. The molecule has 0 unspecified atom stereocenters. The average Bonchev–Trinajstić information content (AvgIpc) is 2.68. The molecule has 0 fully saturated rings. The highest BCUT2D eigenvalue weighted by Crippen LogP contribution is 2.23. The Morgan fingerprint density at radius 1 is 1.11 bits per heavy atom. The Morgan fingerprint density at radius 2 is 1.68 bits per heavy atom. The quantitative estimate of drug-likeness (QED) is 0.811. The topological polar surface area (TPSA) is 22.1 Å². The van der Waals surface area contributed by atoms with Gasteiger partial charge in [-0.15, -0.1) is 24.0 Å². The number of ether oxygens (including phenoxy) is 1. The standard InChI is InChI=1S/C8H18O.C7H5NS2/c1-7(2)5-9-6-8(3)4;9-7-8-5-3-1-2-4-6(5)10-7/h7-8H,5-6H2,1-4H3;1-4H,(H,8,9). The third-order valence-corrected chi connectivity index (χ3v) is 3.40. The van der Waals surface area contributed by atoms with E-state index in [1.807, 2.05) is 24.3 Å². The van der Waals surface area contributed by atoms with E-state index in [9.17, 15) is 0 Å². The summed E-state index contributed by atoms with van der Waals surface area (Å²) in [6, 6.07) is 8.03. The van der Waals surface area contributed by atoms with Gasteiger partial charge in [-0.05, 0) is 24.0 Å². The van der Waals surface area contributed by atoms with Gasteiger partial charge in [-0.3, -0.25) is 0 Å². The molecule has 0 aliphatic rings. The molecule has 19 heavy (non-hydrogen) atoms.